The first-order chi connectivity index (χ1) is 10.1. The van der Waals surface area contributed by atoms with Crippen LogP contribution >= 0.6 is 0 Å². The van der Waals surface area contributed by atoms with Gasteiger partial charge in [-0.1, -0.05) is 12.1 Å². The highest BCUT2D eigenvalue weighted by Crippen LogP contribution is 2.23. The maximum atomic E-state index is 12.4. The smallest absolute Gasteiger partial charge is 0.309 e. The number of nitrogens with zero attached hydrogens (tertiary/aromatic N) is 2. The van der Waals surface area contributed by atoms with Crippen LogP contribution in [0.2, 0.25) is 0 Å². The van der Waals surface area contributed by atoms with Gasteiger partial charge in [-0.2, -0.15) is 10.2 Å². The molecule has 0 N–H and O–H groups in total. The van der Waals surface area contributed by atoms with Gasteiger partial charge in [-0.25, -0.2) is 0 Å². The first kappa shape index (κ1) is 12.8. The fourth-order valence-electron chi connectivity index (χ4n) is 2.01. The highest BCUT2D eigenvalue weighted by molar-refractivity contribution is 5.89. The lowest BCUT2D eigenvalue weighted by Crippen LogP contribution is -2.08. The Morgan fingerprint density at radius 2 is 2.10 bits per heavy atom. The van der Waals surface area contributed by atoms with Crippen LogP contribution in [0.1, 0.15) is 12.5 Å². The van der Waals surface area contributed by atoms with Crippen LogP contribution in [-0.4, -0.2) is 11.0 Å². The number of hydrogen-bond acceptors (Lipinski definition) is 6. The average Bonchev–Trinajstić information content (AvgIpc) is 2.46. The van der Waals surface area contributed by atoms with E-state index in [9.17, 15) is 9.59 Å². The average molecular weight is 280 g/mol. The standard InChI is InChI=1S/C15H8N2O4/c1-8(18)20-14-9(7-16)6-11-13(19)10-4-2-3-5-12(10)21-15(11)17-14/h2-6H,1H3. The first-order valence-electron chi connectivity index (χ1n) is 6.05. The zero-order valence-electron chi connectivity index (χ0n) is 10.9. The number of pyridine rings is 1. The second-order valence-corrected chi connectivity index (χ2v) is 4.33. The molecule has 21 heavy (non-hydrogen) atoms. The second kappa shape index (κ2) is 4.72. The molecule has 0 aliphatic heterocycles. The number of fused-ring (bicyclic) bond motifs is 2. The summed E-state index contributed by atoms with van der Waals surface area (Å²) in [6.07, 6.45) is 0. The van der Waals surface area contributed by atoms with E-state index >= 15 is 0 Å². The Balaban J connectivity index is 2.41. The normalized spacial score (nSPS) is 10.5. The molecule has 3 rings (SSSR count). The maximum absolute atomic E-state index is 12.4. The molecule has 0 saturated carbocycles. The van der Waals surface area contributed by atoms with Gasteiger partial charge in [-0.15, -0.1) is 0 Å². The first-order valence-corrected chi connectivity index (χ1v) is 6.05. The van der Waals surface area contributed by atoms with Gasteiger partial charge in [0.2, 0.25) is 17.0 Å². The Bertz CT molecular complexity index is 983. The lowest BCUT2D eigenvalue weighted by Gasteiger charge is -2.05. The molecule has 0 radical (unpaired) electrons. The van der Waals surface area contributed by atoms with Crippen LogP contribution in [0.4, 0.5) is 0 Å². The lowest BCUT2D eigenvalue weighted by atomic mass is 10.1. The summed E-state index contributed by atoms with van der Waals surface area (Å²) in [5, 5.41) is 9.65. The molecule has 6 nitrogen and oxygen atoms in total. The number of rotatable bonds is 1. The van der Waals surface area contributed by atoms with E-state index in [4.69, 9.17) is 14.4 Å². The lowest BCUT2D eigenvalue weighted by molar-refractivity contribution is -0.132. The number of aromatic nitrogens is 1. The monoisotopic (exact) mass is 280 g/mol. The molecule has 0 spiro atoms. The van der Waals surface area contributed by atoms with Crippen LogP contribution in [0, 0.1) is 11.3 Å². The number of ether oxygens (including phenoxy) is 1. The number of carbonyl (C=O) groups is 1. The van der Waals surface area contributed by atoms with Gasteiger partial charge in [0, 0.05) is 6.92 Å². The summed E-state index contributed by atoms with van der Waals surface area (Å²) in [5.74, 6) is -0.780. The molecule has 2 aromatic heterocycles. The summed E-state index contributed by atoms with van der Waals surface area (Å²) in [7, 11) is 0. The van der Waals surface area contributed by atoms with Gasteiger partial charge < -0.3 is 9.15 Å². The van der Waals surface area contributed by atoms with Crippen molar-refractivity contribution in [1.29, 1.82) is 5.26 Å². The van der Waals surface area contributed by atoms with E-state index in [2.05, 4.69) is 4.98 Å². The molecular formula is C15H8N2O4. The Morgan fingerprint density at radius 3 is 2.81 bits per heavy atom. The molecule has 102 valence electrons. The van der Waals surface area contributed by atoms with Gasteiger partial charge in [-0.05, 0) is 18.2 Å². The summed E-state index contributed by atoms with van der Waals surface area (Å²) in [4.78, 5) is 27.4. The fourth-order valence-corrected chi connectivity index (χ4v) is 2.01. The summed E-state index contributed by atoms with van der Waals surface area (Å²) in [6.45, 7) is 1.20. The van der Waals surface area contributed by atoms with Crippen LogP contribution in [0.3, 0.4) is 0 Å². The molecule has 0 bridgehead atoms. The van der Waals surface area contributed by atoms with Crippen LogP contribution in [-0.2, 0) is 4.79 Å². The molecule has 0 aliphatic rings. The molecule has 0 aliphatic carbocycles. The van der Waals surface area contributed by atoms with Crippen molar-refractivity contribution in [2.24, 2.45) is 0 Å². The summed E-state index contributed by atoms with van der Waals surface area (Å²) >= 11 is 0. The summed E-state index contributed by atoms with van der Waals surface area (Å²) < 4.78 is 10.4. The van der Waals surface area contributed by atoms with Crippen molar-refractivity contribution in [3.63, 3.8) is 0 Å². The van der Waals surface area contributed by atoms with Crippen LogP contribution < -0.4 is 10.2 Å². The molecule has 6 heteroatoms. The molecule has 0 atom stereocenters. The van der Waals surface area contributed by atoms with Crippen molar-refractivity contribution in [2.75, 3.05) is 0 Å². The Hall–Kier alpha value is -3.20. The number of nitriles is 1. The van der Waals surface area contributed by atoms with E-state index in [0.717, 1.165) is 0 Å². The Labute approximate surface area is 118 Å². The van der Waals surface area contributed by atoms with E-state index in [1.165, 1.54) is 13.0 Å². The fraction of sp³-hybridized carbons (Fsp3) is 0.0667. The van der Waals surface area contributed by atoms with Crippen molar-refractivity contribution in [3.8, 4) is 11.9 Å². The molecule has 0 saturated heterocycles. The van der Waals surface area contributed by atoms with Crippen LogP contribution in [0.5, 0.6) is 5.88 Å². The third-order valence-electron chi connectivity index (χ3n) is 2.90. The maximum Gasteiger partial charge on any atom is 0.309 e. The third-order valence-corrected chi connectivity index (χ3v) is 2.90. The zero-order valence-corrected chi connectivity index (χ0v) is 10.9. The van der Waals surface area contributed by atoms with Gasteiger partial charge in [0.05, 0.1) is 10.8 Å². The topological polar surface area (TPSA) is 93.2 Å². The quantitative estimate of drug-likeness (QED) is 0.500. The molecule has 2 heterocycles. The minimum Gasteiger partial charge on any atom is -0.437 e. The van der Waals surface area contributed by atoms with Crippen molar-refractivity contribution >= 4 is 28.0 Å². The number of hydrogen-bond donors (Lipinski definition) is 0. The van der Waals surface area contributed by atoms with Gasteiger partial charge in [0.15, 0.2) is 0 Å². The largest absolute Gasteiger partial charge is 0.437 e. The minimum atomic E-state index is -0.610. The zero-order chi connectivity index (χ0) is 15.0. The number of benzene rings is 1. The molecule has 0 unspecified atom stereocenters. The van der Waals surface area contributed by atoms with E-state index < -0.39 is 5.97 Å². The predicted octanol–water partition coefficient (Wildman–Crippen LogP) is 2.14. The highest BCUT2D eigenvalue weighted by atomic mass is 16.5. The minimum absolute atomic E-state index is 0.000260. The number of carbonyl (C=O) groups excluding carboxylic acids is 1. The summed E-state index contributed by atoms with van der Waals surface area (Å²) in [6, 6.07) is 9.89. The molecule has 1 aromatic carbocycles. The van der Waals surface area contributed by atoms with Crippen molar-refractivity contribution < 1.29 is 13.9 Å². The van der Waals surface area contributed by atoms with Crippen molar-refractivity contribution in [2.45, 2.75) is 6.92 Å². The molecular weight excluding hydrogens is 272 g/mol. The van der Waals surface area contributed by atoms with Gasteiger partial charge in [-0.3, -0.25) is 9.59 Å². The number of para-hydroxylation sites is 1. The Kier molecular flexibility index (Phi) is 2.88. The van der Waals surface area contributed by atoms with Crippen LogP contribution in [0.25, 0.3) is 22.1 Å². The van der Waals surface area contributed by atoms with Gasteiger partial charge in [0.1, 0.15) is 17.2 Å². The molecule has 0 amide bonds. The third kappa shape index (κ3) is 2.11. The molecule has 3 aromatic rings. The molecule has 0 fully saturated rings. The highest BCUT2D eigenvalue weighted by Gasteiger charge is 2.15. The predicted molar refractivity (Wildman–Crippen MR) is 73.8 cm³/mol. The van der Waals surface area contributed by atoms with Gasteiger partial charge >= 0.3 is 5.97 Å². The van der Waals surface area contributed by atoms with Crippen molar-refractivity contribution in [3.05, 3.63) is 46.1 Å². The van der Waals surface area contributed by atoms with E-state index in [1.54, 1.807) is 24.3 Å². The van der Waals surface area contributed by atoms with E-state index in [1.807, 2.05) is 6.07 Å². The van der Waals surface area contributed by atoms with Crippen molar-refractivity contribution in [1.82, 2.24) is 4.98 Å². The number of esters is 1. The SMILES string of the molecule is CC(=O)Oc1nc2oc3ccccc3c(=O)c2cc1C#N. The Morgan fingerprint density at radius 1 is 1.33 bits per heavy atom. The van der Waals surface area contributed by atoms with E-state index in [0.29, 0.717) is 11.0 Å². The van der Waals surface area contributed by atoms with Gasteiger partial charge in [0.25, 0.3) is 0 Å². The van der Waals surface area contributed by atoms with E-state index in [-0.39, 0.29) is 28.0 Å². The summed E-state index contributed by atoms with van der Waals surface area (Å²) in [5.41, 5.74) is 0.112. The van der Waals surface area contributed by atoms with Crippen LogP contribution in [0.15, 0.2) is 39.5 Å². The second-order valence-electron chi connectivity index (χ2n) is 4.33.